The normalized spacial score (nSPS) is 35.7. The summed E-state index contributed by atoms with van der Waals surface area (Å²) in [6.45, 7) is 7.80. The molecular weight excluding hydrogens is 248 g/mol. The van der Waals surface area contributed by atoms with Crippen LogP contribution in [0.25, 0.3) is 0 Å². The Morgan fingerprint density at radius 1 is 1.47 bits per heavy atom. The van der Waals surface area contributed by atoms with Gasteiger partial charge in [-0.05, 0) is 12.3 Å². The van der Waals surface area contributed by atoms with Crippen LogP contribution in [0.5, 0.6) is 0 Å². The molecule has 3 atom stereocenters. The minimum Gasteiger partial charge on any atom is -0.467 e. The highest BCUT2D eigenvalue weighted by molar-refractivity contribution is 5.87. The van der Waals surface area contributed by atoms with Gasteiger partial charge in [0, 0.05) is 13.5 Å². The molecule has 0 saturated carbocycles. The van der Waals surface area contributed by atoms with E-state index in [0.29, 0.717) is 6.42 Å². The highest BCUT2D eigenvalue weighted by Crippen LogP contribution is 2.43. The molecule has 0 N–H and O–H groups in total. The molecule has 108 valence electrons. The molecule has 0 unspecified atom stereocenters. The molecule has 2 saturated heterocycles. The van der Waals surface area contributed by atoms with Crippen molar-refractivity contribution in [3.8, 4) is 0 Å². The molecule has 0 bridgehead atoms. The molecule has 1 amide bonds. The van der Waals surface area contributed by atoms with E-state index in [-0.39, 0.29) is 17.5 Å². The van der Waals surface area contributed by atoms with Crippen LogP contribution in [0.1, 0.15) is 34.1 Å². The monoisotopic (exact) mass is 270 g/mol. The molecule has 0 radical (unpaired) electrons. The smallest absolute Gasteiger partial charge is 0.340 e. The summed E-state index contributed by atoms with van der Waals surface area (Å²) in [5.41, 5.74) is -1.24. The first-order valence-electron chi connectivity index (χ1n) is 6.44. The van der Waals surface area contributed by atoms with E-state index in [4.69, 9.17) is 9.57 Å². The van der Waals surface area contributed by atoms with Crippen LogP contribution in [0.4, 0.5) is 0 Å². The molecule has 0 aromatic rings. The second-order valence-electron chi connectivity index (χ2n) is 6.58. The molecule has 2 aliphatic heterocycles. The second kappa shape index (κ2) is 4.18. The van der Waals surface area contributed by atoms with Gasteiger partial charge in [0.15, 0.2) is 5.60 Å². The van der Waals surface area contributed by atoms with Crippen LogP contribution in [-0.2, 0) is 19.2 Å². The third-order valence-electron chi connectivity index (χ3n) is 3.83. The van der Waals surface area contributed by atoms with Crippen molar-refractivity contribution in [2.24, 2.45) is 5.41 Å². The Morgan fingerprint density at radius 2 is 2.05 bits per heavy atom. The number of fused-ring (bicyclic) bond motifs is 1. The first-order valence-corrected chi connectivity index (χ1v) is 6.44. The summed E-state index contributed by atoms with van der Waals surface area (Å²) in [6.07, 6.45) is 0.145. The summed E-state index contributed by atoms with van der Waals surface area (Å²) in [5.74, 6) is -0.447. The zero-order chi connectivity index (χ0) is 14.6. The molecule has 2 rings (SSSR count). The molecule has 6 heteroatoms. The van der Waals surface area contributed by atoms with Crippen LogP contribution in [0.3, 0.4) is 0 Å². The SMILES string of the molecule is COC(=O)[C@@]1(C)C[C@H]2C(=O)N(C)[C@H](C(C)(C)C)N2O1. The fraction of sp³-hybridized carbons (Fsp3) is 0.846. The van der Waals surface area contributed by atoms with Crippen molar-refractivity contribution in [2.75, 3.05) is 14.2 Å². The quantitative estimate of drug-likeness (QED) is 0.659. The van der Waals surface area contributed by atoms with Crippen molar-refractivity contribution in [3.05, 3.63) is 0 Å². The number of hydrogen-bond acceptors (Lipinski definition) is 5. The van der Waals surface area contributed by atoms with Gasteiger partial charge in [0.2, 0.25) is 5.91 Å². The molecular formula is C13H22N2O4. The maximum Gasteiger partial charge on any atom is 0.340 e. The van der Waals surface area contributed by atoms with E-state index in [9.17, 15) is 9.59 Å². The van der Waals surface area contributed by atoms with E-state index in [0.717, 1.165) is 0 Å². The van der Waals surface area contributed by atoms with Gasteiger partial charge in [-0.1, -0.05) is 20.8 Å². The lowest BCUT2D eigenvalue weighted by Crippen LogP contribution is -2.49. The fourth-order valence-corrected chi connectivity index (χ4v) is 3.03. The summed E-state index contributed by atoms with van der Waals surface area (Å²) in [7, 11) is 3.10. The largest absolute Gasteiger partial charge is 0.467 e. The predicted octanol–water partition coefficient (Wildman–Crippen LogP) is 0.768. The Hall–Kier alpha value is -1.14. The van der Waals surface area contributed by atoms with E-state index in [2.05, 4.69) is 0 Å². The molecule has 19 heavy (non-hydrogen) atoms. The third-order valence-corrected chi connectivity index (χ3v) is 3.83. The molecule has 0 spiro atoms. The average molecular weight is 270 g/mol. The second-order valence-corrected chi connectivity index (χ2v) is 6.58. The topological polar surface area (TPSA) is 59.1 Å². The summed E-state index contributed by atoms with van der Waals surface area (Å²) in [4.78, 5) is 31.6. The zero-order valence-electron chi connectivity index (χ0n) is 12.4. The Kier molecular flexibility index (Phi) is 3.14. The molecule has 6 nitrogen and oxygen atoms in total. The van der Waals surface area contributed by atoms with Crippen molar-refractivity contribution in [1.82, 2.24) is 9.96 Å². The van der Waals surface area contributed by atoms with Crippen LogP contribution in [0, 0.1) is 5.41 Å². The first-order chi connectivity index (χ1) is 8.62. The highest BCUT2D eigenvalue weighted by Gasteiger charge is 2.60. The first kappa shape index (κ1) is 14.3. The number of carbonyl (C=O) groups excluding carboxylic acids is 2. The third kappa shape index (κ3) is 2.03. The number of ether oxygens (including phenoxy) is 1. The van der Waals surface area contributed by atoms with Gasteiger partial charge in [-0.25, -0.2) is 4.79 Å². The van der Waals surface area contributed by atoms with E-state index < -0.39 is 17.6 Å². The predicted molar refractivity (Wildman–Crippen MR) is 67.8 cm³/mol. The van der Waals surface area contributed by atoms with E-state index in [1.54, 1.807) is 23.9 Å². The maximum atomic E-state index is 12.3. The van der Waals surface area contributed by atoms with E-state index >= 15 is 0 Å². The minimum absolute atomic E-state index is 0.00690. The van der Waals surface area contributed by atoms with Crippen LogP contribution in [0.15, 0.2) is 0 Å². The number of methoxy groups -OCH3 is 1. The van der Waals surface area contributed by atoms with Gasteiger partial charge in [-0.2, -0.15) is 5.06 Å². The molecule has 2 heterocycles. The number of amides is 1. The van der Waals surface area contributed by atoms with Gasteiger partial charge in [0.25, 0.3) is 0 Å². The van der Waals surface area contributed by atoms with Crippen molar-refractivity contribution in [2.45, 2.75) is 51.9 Å². The summed E-state index contributed by atoms with van der Waals surface area (Å²) in [6, 6.07) is -0.404. The zero-order valence-corrected chi connectivity index (χ0v) is 12.4. The Bertz CT molecular complexity index is 417. The van der Waals surface area contributed by atoms with Crippen molar-refractivity contribution in [1.29, 1.82) is 0 Å². The molecule has 2 aliphatic rings. The number of likely N-dealkylation sites (N-methyl/N-ethyl adjacent to an activating group) is 1. The molecule has 2 fully saturated rings. The van der Waals surface area contributed by atoms with Gasteiger partial charge in [0.05, 0.1) is 7.11 Å². The van der Waals surface area contributed by atoms with E-state index in [1.807, 2.05) is 20.8 Å². The number of nitrogens with zero attached hydrogens (tertiary/aromatic N) is 2. The van der Waals surface area contributed by atoms with Crippen LogP contribution >= 0.6 is 0 Å². The number of esters is 1. The lowest BCUT2D eigenvalue weighted by Gasteiger charge is -2.37. The number of rotatable bonds is 1. The van der Waals surface area contributed by atoms with Crippen LogP contribution in [0.2, 0.25) is 0 Å². The Balaban J connectivity index is 2.31. The lowest BCUT2D eigenvalue weighted by molar-refractivity contribution is -0.243. The van der Waals surface area contributed by atoms with Gasteiger partial charge >= 0.3 is 5.97 Å². The number of carbonyl (C=O) groups is 2. The lowest BCUT2D eigenvalue weighted by atomic mass is 9.92. The van der Waals surface area contributed by atoms with Crippen molar-refractivity contribution < 1.29 is 19.2 Å². The van der Waals surface area contributed by atoms with Crippen molar-refractivity contribution in [3.63, 3.8) is 0 Å². The summed E-state index contributed by atoms with van der Waals surface area (Å²) in [5, 5.41) is 1.67. The van der Waals surface area contributed by atoms with Gasteiger partial charge in [-0.3, -0.25) is 9.63 Å². The fourth-order valence-electron chi connectivity index (χ4n) is 3.03. The van der Waals surface area contributed by atoms with Gasteiger partial charge < -0.3 is 9.64 Å². The summed E-state index contributed by atoms with van der Waals surface area (Å²) < 4.78 is 4.77. The molecule has 0 aromatic heterocycles. The van der Waals surface area contributed by atoms with E-state index in [1.165, 1.54) is 7.11 Å². The summed E-state index contributed by atoms with van der Waals surface area (Å²) >= 11 is 0. The Morgan fingerprint density at radius 3 is 2.53 bits per heavy atom. The van der Waals surface area contributed by atoms with Gasteiger partial charge in [0.1, 0.15) is 12.2 Å². The van der Waals surface area contributed by atoms with Gasteiger partial charge in [-0.15, -0.1) is 0 Å². The molecule has 0 aromatic carbocycles. The standard InChI is InChI=1S/C13H22N2O4/c1-12(2,3)10-14(5)9(16)8-7-13(4,11(17)18-6)19-15(8)10/h8,10H,7H2,1-6H3/t8-,10-,13+/m0/s1. The van der Waals surface area contributed by atoms with Crippen LogP contribution in [-0.4, -0.2) is 53.8 Å². The Labute approximate surface area is 113 Å². The number of hydrogen-bond donors (Lipinski definition) is 0. The molecule has 0 aliphatic carbocycles. The maximum absolute atomic E-state index is 12.3. The minimum atomic E-state index is -1.07. The highest BCUT2D eigenvalue weighted by atomic mass is 16.7. The van der Waals surface area contributed by atoms with Crippen LogP contribution < -0.4 is 0 Å². The number of hydroxylamine groups is 2. The average Bonchev–Trinajstić information content (AvgIpc) is 2.73. The van der Waals surface area contributed by atoms with Crippen molar-refractivity contribution >= 4 is 11.9 Å².